The normalized spacial score (nSPS) is 15.2. The molecule has 0 atom stereocenters. The van der Waals surface area contributed by atoms with Gasteiger partial charge in [0.1, 0.15) is 5.82 Å². The number of nitrogens with one attached hydrogen (secondary N) is 1. The molecule has 0 aliphatic carbocycles. The highest BCUT2D eigenvalue weighted by atomic mass is 32.2. The standard InChI is InChI=1S/C21H25N7O2S/c1-26-14-17(13-25-26)15-3-4-19(22)18(11-15)21(23)16-5-6-24-20(12-16)27-7-9-28(10-8-27)31(2,29)30/h3-6,11-14,23H,7-10,22H2,1-2H3. The Morgan fingerprint density at radius 1 is 1.10 bits per heavy atom. The molecule has 3 N–H and O–H groups in total. The second-order valence-electron chi connectivity index (χ2n) is 7.63. The number of pyridine rings is 1. The topological polar surface area (TPSA) is 121 Å². The van der Waals surface area contributed by atoms with Crippen molar-refractivity contribution < 1.29 is 8.42 Å². The molecule has 1 fully saturated rings. The van der Waals surface area contributed by atoms with Crippen LogP contribution in [0.3, 0.4) is 0 Å². The molecule has 162 valence electrons. The van der Waals surface area contributed by atoms with Crippen LogP contribution in [0.15, 0.2) is 48.9 Å². The molecule has 3 aromatic rings. The van der Waals surface area contributed by atoms with Crippen molar-refractivity contribution in [3.63, 3.8) is 0 Å². The lowest BCUT2D eigenvalue weighted by molar-refractivity contribution is 0.387. The Hall–Kier alpha value is -3.24. The largest absolute Gasteiger partial charge is 0.398 e. The first-order chi connectivity index (χ1) is 14.7. The van der Waals surface area contributed by atoms with E-state index in [4.69, 9.17) is 11.1 Å². The van der Waals surface area contributed by atoms with Crippen LogP contribution in [-0.4, -0.2) is 65.6 Å². The lowest BCUT2D eigenvalue weighted by Gasteiger charge is -2.34. The van der Waals surface area contributed by atoms with Gasteiger partial charge in [0, 0.05) is 68.0 Å². The van der Waals surface area contributed by atoms with Gasteiger partial charge in [0.05, 0.1) is 18.2 Å². The summed E-state index contributed by atoms with van der Waals surface area (Å²) in [7, 11) is -1.33. The molecule has 1 aliphatic heterocycles. The molecule has 0 spiro atoms. The molecule has 1 saturated heterocycles. The number of nitrogen functional groups attached to an aromatic ring is 1. The molecule has 31 heavy (non-hydrogen) atoms. The summed E-state index contributed by atoms with van der Waals surface area (Å²) in [6, 6.07) is 9.27. The summed E-state index contributed by atoms with van der Waals surface area (Å²) in [5, 5.41) is 13.0. The highest BCUT2D eigenvalue weighted by Gasteiger charge is 2.24. The van der Waals surface area contributed by atoms with E-state index in [9.17, 15) is 8.42 Å². The number of aromatic nitrogens is 3. The number of sulfonamides is 1. The lowest BCUT2D eigenvalue weighted by atomic mass is 9.97. The third-order valence-electron chi connectivity index (χ3n) is 5.43. The van der Waals surface area contributed by atoms with Crippen LogP contribution in [0.4, 0.5) is 11.5 Å². The van der Waals surface area contributed by atoms with E-state index in [1.165, 1.54) is 10.6 Å². The summed E-state index contributed by atoms with van der Waals surface area (Å²) in [4.78, 5) is 6.47. The summed E-state index contributed by atoms with van der Waals surface area (Å²) in [5.41, 5.74) is 10.3. The fourth-order valence-electron chi connectivity index (χ4n) is 3.67. The minimum atomic E-state index is -3.19. The maximum atomic E-state index is 11.7. The lowest BCUT2D eigenvalue weighted by Crippen LogP contribution is -2.48. The SMILES string of the molecule is Cn1cc(-c2ccc(N)c(C(=N)c3ccnc(N4CCN(S(C)(=O)=O)CC4)c3)c2)cn1. The van der Waals surface area contributed by atoms with E-state index in [0.717, 1.165) is 16.9 Å². The number of nitrogens with two attached hydrogens (primary N) is 1. The third kappa shape index (κ3) is 4.44. The van der Waals surface area contributed by atoms with Crippen LogP contribution < -0.4 is 10.6 Å². The van der Waals surface area contributed by atoms with Crippen LogP contribution in [0.2, 0.25) is 0 Å². The van der Waals surface area contributed by atoms with Crippen LogP contribution in [0.1, 0.15) is 11.1 Å². The molecule has 3 heterocycles. The van der Waals surface area contributed by atoms with Crippen molar-refractivity contribution in [2.75, 3.05) is 43.1 Å². The first-order valence-corrected chi connectivity index (χ1v) is 11.7. The highest BCUT2D eigenvalue weighted by Crippen LogP contribution is 2.26. The number of benzene rings is 1. The molecule has 2 aromatic heterocycles. The van der Waals surface area contributed by atoms with E-state index in [1.54, 1.807) is 29.2 Å². The van der Waals surface area contributed by atoms with E-state index in [0.29, 0.717) is 48.7 Å². The zero-order valence-electron chi connectivity index (χ0n) is 17.5. The third-order valence-corrected chi connectivity index (χ3v) is 6.73. The van der Waals surface area contributed by atoms with E-state index in [1.807, 2.05) is 36.3 Å². The average molecular weight is 440 g/mol. The predicted octanol–water partition coefficient (Wildman–Crippen LogP) is 1.56. The zero-order valence-corrected chi connectivity index (χ0v) is 18.3. The summed E-state index contributed by atoms with van der Waals surface area (Å²) in [6.45, 7) is 1.94. The highest BCUT2D eigenvalue weighted by molar-refractivity contribution is 7.88. The fraction of sp³-hybridized carbons (Fsp3) is 0.286. The Bertz CT molecular complexity index is 1230. The van der Waals surface area contributed by atoms with Gasteiger partial charge in [0.2, 0.25) is 10.0 Å². The average Bonchev–Trinajstić information content (AvgIpc) is 3.19. The number of hydrogen-bond acceptors (Lipinski definition) is 7. The van der Waals surface area contributed by atoms with Gasteiger partial charge in [-0.2, -0.15) is 9.40 Å². The Morgan fingerprint density at radius 2 is 1.84 bits per heavy atom. The molecule has 1 aliphatic rings. The van der Waals surface area contributed by atoms with Gasteiger partial charge in [-0.3, -0.25) is 10.1 Å². The molecule has 9 nitrogen and oxygen atoms in total. The Balaban J connectivity index is 1.58. The van der Waals surface area contributed by atoms with Gasteiger partial charge in [-0.25, -0.2) is 13.4 Å². The van der Waals surface area contributed by atoms with Gasteiger partial charge < -0.3 is 10.6 Å². The van der Waals surface area contributed by atoms with Gasteiger partial charge >= 0.3 is 0 Å². The van der Waals surface area contributed by atoms with Crippen molar-refractivity contribution in [3.8, 4) is 11.1 Å². The Labute approximate surface area is 181 Å². The van der Waals surface area contributed by atoms with Gasteiger partial charge in [0.15, 0.2) is 0 Å². The van der Waals surface area contributed by atoms with Gasteiger partial charge in [-0.05, 0) is 29.8 Å². The number of rotatable bonds is 5. The number of piperazine rings is 1. The second kappa shape index (κ2) is 8.12. The number of hydrogen-bond donors (Lipinski definition) is 2. The fourth-order valence-corrected chi connectivity index (χ4v) is 4.50. The first kappa shape index (κ1) is 21.0. The zero-order chi connectivity index (χ0) is 22.2. The van der Waals surface area contributed by atoms with Gasteiger partial charge in [0.25, 0.3) is 0 Å². The van der Waals surface area contributed by atoms with Crippen LogP contribution in [-0.2, 0) is 17.1 Å². The molecule has 0 bridgehead atoms. The van der Waals surface area contributed by atoms with E-state index >= 15 is 0 Å². The van der Waals surface area contributed by atoms with Crippen molar-refractivity contribution >= 4 is 27.2 Å². The van der Waals surface area contributed by atoms with Gasteiger partial charge in [-0.1, -0.05) is 6.07 Å². The summed E-state index contributed by atoms with van der Waals surface area (Å²) in [5.74, 6) is 0.720. The summed E-state index contributed by atoms with van der Waals surface area (Å²) in [6.07, 6.45) is 6.59. The maximum Gasteiger partial charge on any atom is 0.211 e. The quantitative estimate of drug-likeness (QED) is 0.460. The van der Waals surface area contributed by atoms with E-state index in [-0.39, 0.29) is 0 Å². The van der Waals surface area contributed by atoms with Crippen molar-refractivity contribution in [3.05, 3.63) is 60.0 Å². The molecule has 0 radical (unpaired) electrons. The predicted molar refractivity (Wildman–Crippen MR) is 122 cm³/mol. The van der Waals surface area contributed by atoms with Crippen LogP contribution in [0.25, 0.3) is 11.1 Å². The van der Waals surface area contributed by atoms with Crippen molar-refractivity contribution in [2.45, 2.75) is 0 Å². The smallest absolute Gasteiger partial charge is 0.211 e. The molecule has 0 amide bonds. The van der Waals surface area contributed by atoms with Crippen LogP contribution in [0, 0.1) is 5.41 Å². The summed E-state index contributed by atoms with van der Waals surface area (Å²) >= 11 is 0. The number of nitrogens with zero attached hydrogens (tertiary/aromatic N) is 5. The Kier molecular flexibility index (Phi) is 5.50. The van der Waals surface area contributed by atoms with Crippen LogP contribution in [0.5, 0.6) is 0 Å². The summed E-state index contributed by atoms with van der Waals surface area (Å²) < 4.78 is 26.7. The minimum Gasteiger partial charge on any atom is -0.398 e. The monoisotopic (exact) mass is 439 g/mol. The van der Waals surface area contributed by atoms with Crippen molar-refractivity contribution in [1.29, 1.82) is 5.41 Å². The molecular formula is C21H25N7O2S. The number of anilines is 2. The molecule has 0 unspecified atom stereocenters. The molecule has 1 aromatic carbocycles. The first-order valence-electron chi connectivity index (χ1n) is 9.86. The number of aryl methyl sites for hydroxylation is 1. The van der Waals surface area contributed by atoms with Crippen molar-refractivity contribution in [1.82, 2.24) is 19.1 Å². The van der Waals surface area contributed by atoms with E-state index < -0.39 is 10.0 Å². The Morgan fingerprint density at radius 3 is 2.48 bits per heavy atom. The molecule has 4 rings (SSSR count). The minimum absolute atomic E-state index is 0.307. The molecule has 10 heteroatoms. The molecular weight excluding hydrogens is 414 g/mol. The maximum absolute atomic E-state index is 11.7. The van der Waals surface area contributed by atoms with Gasteiger partial charge in [-0.15, -0.1) is 0 Å². The second-order valence-corrected chi connectivity index (χ2v) is 9.61. The molecule has 0 saturated carbocycles. The van der Waals surface area contributed by atoms with E-state index in [2.05, 4.69) is 10.1 Å². The van der Waals surface area contributed by atoms with Crippen LogP contribution >= 0.6 is 0 Å². The van der Waals surface area contributed by atoms with Crippen molar-refractivity contribution in [2.24, 2.45) is 7.05 Å².